The molecule has 0 radical (unpaired) electrons. The van der Waals surface area contributed by atoms with Crippen molar-refractivity contribution in [1.29, 1.82) is 0 Å². The lowest BCUT2D eigenvalue weighted by Crippen LogP contribution is -2.43. The number of carbonyl (C=O) groups is 2. The van der Waals surface area contributed by atoms with Gasteiger partial charge in [0.05, 0.1) is 7.11 Å². The summed E-state index contributed by atoms with van der Waals surface area (Å²) in [7, 11) is 5.04. The molecular weight excluding hydrogens is 669 g/mol. The fourth-order valence-corrected chi connectivity index (χ4v) is 5.23. The normalized spacial score (nSPS) is 11.5. The molecule has 2 amide bonds. The largest absolute Gasteiger partial charge is 0.497 e. The molecule has 5 aromatic rings. The predicted molar refractivity (Wildman–Crippen MR) is 211 cm³/mol. The van der Waals surface area contributed by atoms with Crippen LogP contribution in [0.4, 0.5) is 29.2 Å². The van der Waals surface area contributed by atoms with E-state index in [0.717, 1.165) is 22.4 Å². The highest BCUT2D eigenvalue weighted by molar-refractivity contribution is 7.59. The Hall–Kier alpha value is -5.27. The number of hydrogen-bond donors (Lipinski definition) is 3. The van der Waals surface area contributed by atoms with Crippen LogP contribution in [0.1, 0.15) is 16.7 Å². The molecule has 1 heterocycles. The lowest BCUT2D eigenvalue weighted by atomic mass is 10.0. The average Bonchev–Trinajstić information content (AvgIpc) is 3.11. The third-order valence-electron chi connectivity index (χ3n) is 7.96. The summed E-state index contributed by atoms with van der Waals surface area (Å²) in [6.45, 7) is 2.00. The number of hydrogen-bond acceptors (Lipinski definition) is 9. The monoisotopic (exact) mass is 712 g/mol. The zero-order valence-electron chi connectivity index (χ0n) is 28.5. The van der Waals surface area contributed by atoms with E-state index >= 15 is 0 Å². The van der Waals surface area contributed by atoms with Gasteiger partial charge in [0.25, 0.3) is 0 Å². The van der Waals surface area contributed by atoms with Crippen LogP contribution in [0, 0.1) is 6.92 Å². The van der Waals surface area contributed by atoms with E-state index in [1.165, 1.54) is 0 Å². The minimum Gasteiger partial charge on any atom is -0.497 e. The molecule has 4 N–H and O–H groups in total. The van der Waals surface area contributed by atoms with Crippen molar-refractivity contribution >= 4 is 68.0 Å². The van der Waals surface area contributed by atoms with Gasteiger partial charge in [-0.3, -0.25) is 9.59 Å². The van der Waals surface area contributed by atoms with Crippen molar-refractivity contribution in [3.05, 3.63) is 126 Å². The highest BCUT2D eigenvalue weighted by atomic mass is 32.1. The molecular formula is C37H44N8O3S2. The van der Waals surface area contributed by atoms with Crippen molar-refractivity contribution in [2.24, 2.45) is 0 Å². The maximum atomic E-state index is 13.9. The number of likely N-dealkylation sites (N-methyl/N-ethyl adjacent to an activating group) is 2. The van der Waals surface area contributed by atoms with Gasteiger partial charge in [-0.15, -0.1) is 0 Å². The summed E-state index contributed by atoms with van der Waals surface area (Å²) in [6.07, 6.45) is 0.719. The number of aryl methyl sites for hydroxylation is 1. The van der Waals surface area contributed by atoms with Gasteiger partial charge in [-0.25, -0.2) is 0 Å². The van der Waals surface area contributed by atoms with Gasteiger partial charge >= 0.3 is 0 Å². The summed E-state index contributed by atoms with van der Waals surface area (Å²) in [5.74, 6) is 0.422. The number of nitrogen functional groups attached to an aromatic ring is 1. The Labute approximate surface area is 307 Å². The molecule has 0 bridgehead atoms. The molecule has 50 heavy (non-hydrogen) atoms. The number of nitrogens with zero attached hydrogens (tertiary/aromatic N) is 5. The van der Waals surface area contributed by atoms with E-state index in [2.05, 4.69) is 25.6 Å². The van der Waals surface area contributed by atoms with Crippen LogP contribution in [-0.4, -0.2) is 60.1 Å². The molecule has 0 saturated carbocycles. The number of nitrogens with one attached hydrogen (secondary N) is 2. The Balaban J connectivity index is 0.00000338. The summed E-state index contributed by atoms with van der Waals surface area (Å²) >= 11 is 0. The van der Waals surface area contributed by atoms with E-state index in [0.29, 0.717) is 24.3 Å². The van der Waals surface area contributed by atoms with E-state index in [1.807, 2.05) is 104 Å². The van der Waals surface area contributed by atoms with Crippen LogP contribution in [0.5, 0.6) is 5.75 Å². The minimum absolute atomic E-state index is 0. The molecule has 0 aliphatic carbocycles. The van der Waals surface area contributed by atoms with Gasteiger partial charge in [-0.05, 0) is 54.4 Å². The topological polar surface area (TPSA) is 139 Å². The highest BCUT2D eigenvalue weighted by Crippen LogP contribution is 2.22. The first-order chi connectivity index (χ1) is 23.2. The summed E-state index contributed by atoms with van der Waals surface area (Å²) in [5, 5.41) is 6.40. The summed E-state index contributed by atoms with van der Waals surface area (Å²) in [6, 6.07) is 32.8. The zero-order chi connectivity index (χ0) is 34.0. The van der Waals surface area contributed by atoms with Crippen LogP contribution >= 0.6 is 27.0 Å². The number of nitrogens with two attached hydrogens (primary N) is 1. The molecule has 4 aromatic carbocycles. The van der Waals surface area contributed by atoms with Gasteiger partial charge in [0, 0.05) is 38.3 Å². The predicted octanol–water partition coefficient (Wildman–Crippen LogP) is 5.37. The lowest BCUT2D eigenvalue weighted by molar-refractivity contribution is -0.119. The van der Waals surface area contributed by atoms with Crippen LogP contribution < -0.4 is 30.9 Å². The molecule has 13 heteroatoms. The number of rotatable bonds is 13. The first-order valence-electron chi connectivity index (χ1n) is 15.6. The lowest BCUT2D eigenvalue weighted by Gasteiger charge is -2.26. The standard InChI is InChI=1S/C37H40N8O3.2H2S/c1-25-15-17-28(18-16-25)44(2)33(46)31(23-26-11-7-5-8-12-26)39-36-41-35(38)42-37(43-36)40-32(24-27-13-9-6-10-14-27)34(47)45(3)29-19-21-30(48-4)22-20-29;;/h5-22,31-32H,23-24H2,1-4H3,(H4,38,39,40,41,42,43);2*1H2/t31-,32-;;/m0../s1. The number of ether oxygens (including phenoxy) is 1. The Morgan fingerprint density at radius 1 is 0.660 bits per heavy atom. The highest BCUT2D eigenvalue weighted by Gasteiger charge is 2.27. The quantitative estimate of drug-likeness (QED) is 0.147. The molecule has 0 fully saturated rings. The summed E-state index contributed by atoms with van der Waals surface area (Å²) in [4.78, 5) is 44.2. The van der Waals surface area contributed by atoms with Gasteiger partial charge in [0.2, 0.25) is 29.7 Å². The Kier molecular flexibility index (Phi) is 14.5. The SMILES string of the molecule is COc1ccc(N(C)C(=O)[C@H](Cc2ccccc2)Nc2nc(N)nc(N[C@@H](Cc3ccccc3)C(=O)N(C)c3ccc(C)cc3)n2)cc1.S.S. The van der Waals surface area contributed by atoms with E-state index in [1.54, 1.807) is 43.1 Å². The van der Waals surface area contributed by atoms with Crippen molar-refractivity contribution in [3.63, 3.8) is 0 Å². The second-order valence-electron chi connectivity index (χ2n) is 11.4. The second kappa shape index (κ2) is 18.5. The van der Waals surface area contributed by atoms with Crippen LogP contribution in [0.2, 0.25) is 0 Å². The van der Waals surface area contributed by atoms with Crippen molar-refractivity contribution in [2.75, 3.05) is 47.4 Å². The van der Waals surface area contributed by atoms with Crippen LogP contribution in [0.25, 0.3) is 0 Å². The zero-order valence-corrected chi connectivity index (χ0v) is 30.5. The van der Waals surface area contributed by atoms with E-state index in [-0.39, 0.29) is 56.7 Å². The van der Waals surface area contributed by atoms with Crippen molar-refractivity contribution in [2.45, 2.75) is 31.8 Å². The van der Waals surface area contributed by atoms with Gasteiger partial charge in [0.1, 0.15) is 17.8 Å². The third-order valence-corrected chi connectivity index (χ3v) is 7.96. The van der Waals surface area contributed by atoms with Gasteiger partial charge in [-0.2, -0.15) is 41.9 Å². The number of methoxy groups -OCH3 is 1. The molecule has 0 unspecified atom stereocenters. The number of anilines is 5. The van der Waals surface area contributed by atoms with E-state index < -0.39 is 12.1 Å². The minimum atomic E-state index is -0.761. The number of amides is 2. The first-order valence-corrected chi connectivity index (χ1v) is 15.6. The number of benzene rings is 4. The Bertz CT molecular complexity index is 1820. The maximum Gasteiger partial charge on any atom is 0.249 e. The second-order valence-corrected chi connectivity index (χ2v) is 11.4. The van der Waals surface area contributed by atoms with Crippen molar-refractivity contribution in [3.8, 4) is 5.75 Å². The fraction of sp³-hybridized carbons (Fsp3) is 0.216. The molecule has 1 aromatic heterocycles. The van der Waals surface area contributed by atoms with Crippen molar-refractivity contribution in [1.82, 2.24) is 15.0 Å². The first kappa shape index (κ1) is 39.2. The molecule has 0 spiro atoms. The molecule has 0 aliphatic rings. The van der Waals surface area contributed by atoms with E-state index in [4.69, 9.17) is 10.5 Å². The molecule has 2 atom stereocenters. The molecule has 11 nitrogen and oxygen atoms in total. The fourth-order valence-electron chi connectivity index (χ4n) is 5.23. The van der Waals surface area contributed by atoms with Crippen LogP contribution in [0.15, 0.2) is 109 Å². The van der Waals surface area contributed by atoms with Gasteiger partial charge < -0.3 is 30.9 Å². The van der Waals surface area contributed by atoms with Crippen LogP contribution in [-0.2, 0) is 22.4 Å². The smallest absolute Gasteiger partial charge is 0.249 e. The molecule has 5 rings (SSSR count). The average molecular weight is 713 g/mol. The van der Waals surface area contributed by atoms with Crippen molar-refractivity contribution < 1.29 is 14.3 Å². The maximum absolute atomic E-state index is 13.9. The summed E-state index contributed by atoms with van der Waals surface area (Å²) < 4.78 is 5.27. The number of carbonyl (C=O) groups excluding carboxylic acids is 2. The molecule has 0 saturated heterocycles. The van der Waals surface area contributed by atoms with Gasteiger partial charge in [-0.1, -0.05) is 78.4 Å². The Morgan fingerprint density at radius 3 is 1.46 bits per heavy atom. The van der Waals surface area contributed by atoms with Crippen LogP contribution in [0.3, 0.4) is 0 Å². The summed E-state index contributed by atoms with van der Waals surface area (Å²) in [5.41, 5.74) is 10.6. The third kappa shape index (κ3) is 10.4. The van der Waals surface area contributed by atoms with Gasteiger partial charge in [0.15, 0.2) is 0 Å². The Morgan fingerprint density at radius 2 is 1.06 bits per heavy atom. The molecule has 0 aliphatic heterocycles. The van der Waals surface area contributed by atoms with E-state index in [9.17, 15) is 9.59 Å². The molecule has 262 valence electrons. The number of aromatic nitrogens is 3.